The summed E-state index contributed by atoms with van der Waals surface area (Å²) in [4.78, 5) is 21.2. The zero-order valence-electron chi connectivity index (χ0n) is 7.91. The number of hydrogen-bond acceptors (Lipinski definition) is 4. The summed E-state index contributed by atoms with van der Waals surface area (Å²) in [6, 6.07) is 0. The van der Waals surface area contributed by atoms with Crippen LogP contribution in [0.1, 0.15) is 20.3 Å². The van der Waals surface area contributed by atoms with Crippen molar-refractivity contribution < 1.29 is 19.1 Å². The number of rotatable bonds is 4. The van der Waals surface area contributed by atoms with Gasteiger partial charge in [0.15, 0.2) is 0 Å². The van der Waals surface area contributed by atoms with Gasteiger partial charge in [-0.1, -0.05) is 0 Å². The van der Waals surface area contributed by atoms with Gasteiger partial charge in [-0.3, -0.25) is 9.59 Å². The highest BCUT2D eigenvalue weighted by molar-refractivity contribution is 5.91. The summed E-state index contributed by atoms with van der Waals surface area (Å²) in [5.41, 5.74) is 0. The highest BCUT2D eigenvalue weighted by Gasteiger charge is 2.09. The van der Waals surface area contributed by atoms with E-state index in [4.69, 9.17) is 0 Å². The average molecular weight is 186 g/mol. The standard InChI is InChI=1S/C7H12O4.C2H2/c1-3-10-6(8)5-7(9)11-4-2;1-2/h3-5H2,1-2H3;1-2H. The molecule has 0 aromatic rings. The van der Waals surface area contributed by atoms with Crippen LogP contribution in [-0.2, 0) is 19.1 Å². The second kappa shape index (κ2) is 10.5. The molecular weight excluding hydrogens is 172 g/mol. The molecule has 0 aliphatic rings. The molecule has 0 atom stereocenters. The number of carbonyl (C=O) groups excluding carboxylic acids is 2. The average Bonchev–Trinajstić information content (AvgIpc) is 2.08. The first-order chi connectivity index (χ1) is 6.20. The van der Waals surface area contributed by atoms with Crippen LogP contribution in [0.4, 0.5) is 0 Å². The first-order valence-electron chi connectivity index (χ1n) is 3.85. The lowest BCUT2D eigenvalue weighted by molar-refractivity contribution is -0.153. The van der Waals surface area contributed by atoms with Crippen molar-refractivity contribution >= 4 is 11.9 Å². The highest BCUT2D eigenvalue weighted by Crippen LogP contribution is 1.89. The molecule has 0 spiro atoms. The molecule has 74 valence electrons. The normalized spacial score (nSPS) is 7.69. The number of terminal acetylenes is 1. The van der Waals surface area contributed by atoms with Crippen LogP contribution in [0.5, 0.6) is 0 Å². The number of ether oxygens (including phenoxy) is 2. The van der Waals surface area contributed by atoms with Gasteiger partial charge in [0.2, 0.25) is 0 Å². The fourth-order valence-corrected chi connectivity index (χ4v) is 0.542. The maximum Gasteiger partial charge on any atom is 0.317 e. The molecule has 4 nitrogen and oxygen atoms in total. The topological polar surface area (TPSA) is 52.6 Å². The molecule has 0 saturated heterocycles. The van der Waals surface area contributed by atoms with Crippen LogP contribution >= 0.6 is 0 Å². The molecule has 0 radical (unpaired) electrons. The summed E-state index contributed by atoms with van der Waals surface area (Å²) in [5.74, 6) is -1.07. The molecule has 0 N–H and O–H groups in total. The molecule has 0 saturated carbocycles. The molecule has 0 fully saturated rings. The summed E-state index contributed by atoms with van der Waals surface area (Å²) >= 11 is 0. The van der Waals surface area contributed by atoms with Crippen LogP contribution in [0.2, 0.25) is 0 Å². The third kappa shape index (κ3) is 10.5. The fourth-order valence-electron chi connectivity index (χ4n) is 0.542. The van der Waals surface area contributed by atoms with E-state index in [0.29, 0.717) is 0 Å². The minimum atomic E-state index is -0.536. The molecule has 0 unspecified atom stereocenters. The molecule has 13 heavy (non-hydrogen) atoms. The lowest BCUT2D eigenvalue weighted by Gasteiger charge is -2.00. The summed E-state index contributed by atoms with van der Waals surface area (Å²) in [7, 11) is 0. The van der Waals surface area contributed by atoms with Gasteiger partial charge in [-0.05, 0) is 13.8 Å². The minimum absolute atomic E-state index is 0.290. The van der Waals surface area contributed by atoms with Gasteiger partial charge in [-0.2, -0.15) is 0 Å². The van der Waals surface area contributed by atoms with Gasteiger partial charge in [0.25, 0.3) is 0 Å². The molecule has 0 bridgehead atoms. The smallest absolute Gasteiger partial charge is 0.317 e. The monoisotopic (exact) mass is 186 g/mol. The third-order valence-corrected chi connectivity index (χ3v) is 0.899. The Hall–Kier alpha value is -1.50. The number of hydrogen-bond donors (Lipinski definition) is 0. The van der Waals surface area contributed by atoms with Gasteiger partial charge in [0.1, 0.15) is 6.42 Å². The number of esters is 2. The summed E-state index contributed by atoms with van der Waals surface area (Å²) in [6.45, 7) is 3.95. The van der Waals surface area contributed by atoms with Crippen LogP contribution in [-0.4, -0.2) is 25.2 Å². The third-order valence-electron chi connectivity index (χ3n) is 0.899. The SMILES string of the molecule is C#C.CCOC(=O)CC(=O)OCC. The lowest BCUT2D eigenvalue weighted by Crippen LogP contribution is -2.13. The first kappa shape index (κ1) is 14.0. The summed E-state index contributed by atoms with van der Waals surface area (Å²) in [6.07, 6.45) is 7.71. The molecule has 0 aromatic heterocycles. The van der Waals surface area contributed by atoms with Gasteiger partial charge in [-0.15, -0.1) is 12.8 Å². The quantitative estimate of drug-likeness (QED) is 0.369. The van der Waals surface area contributed by atoms with Crippen LogP contribution in [0, 0.1) is 12.8 Å². The molecule has 4 heteroatoms. The van der Waals surface area contributed by atoms with E-state index in [1.165, 1.54) is 0 Å². The van der Waals surface area contributed by atoms with Crippen molar-refractivity contribution in [2.24, 2.45) is 0 Å². The van der Waals surface area contributed by atoms with Crippen molar-refractivity contribution in [1.29, 1.82) is 0 Å². The van der Waals surface area contributed by atoms with Crippen LogP contribution in [0.25, 0.3) is 0 Å². The highest BCUT2D eigenvalue weighted by atomic mass is 16.5. The van der Waals surface area contributed by atoms with Crippen molar-refractivity contribution in [1.82, 2.24) is 0 Å². The zero-order valence-corrected chi connectivity index (χ0v) is 7.91. The van der Waals surface area contributed by atoms with Crippen molar-refractivity contribution in [2.75, 3.05) is 13.2 Å². The van der Waals surface area contributed by atoms with Crippen molar-refractivity contribution in [3.8, 4) is 12.8 Å². The maximum atomic E-state index is 10.6. The molecule has 0 rings (SSSR count). The maximum absolute atomic E-state index is 10.6. The predicted molar refractivity (Wildman–Crippen MR) is 47.8 cm³/mol. The molecule has 0 aliphatic heterocycles. The Balaban J connectivity index is 0. The van der Waals surface area contributed by atoms with E-state index in [1.54, 1.807) is 13.8 Å². The van der Waals surface area contributed by atoms with E-state index in [9.17, 15) is 9.59 Å². The van der Waals surface area contributed by atoms with E-state index < -0.39 is 11.9 Å². The van der Waals surface area contributed by atoms with Crippen LogP contribution in [0.15, 0.2) is 0 Å². The van der Waals surface area contributed by atoms with E-state index in [2.05, 4.69) is 22.3 Å². The Morgan fingerprint density at radius 1 is 1.00 bits per heavy atom. The van der Waals surface area contributed by atoms with E-state index in [0.717, 1.165) is 0 Å². The molecule has 0 heterocycles. The second-order valence-corrected chi connectivity index (χ2v) is 1.79. The van der Waals surface area contributed by atoms with Crippen LogP contribution in [0.3, 0.4) is 0 Å². The Kier molecular flexibility index (Phi) is 11.3. The van der Waals surface area contributed by atoms with Gasteiger partial charge < -0.3 is 9.47 Å². The van der Waals surface area contributed by atoms with Gasteiger partial charge in [0.05, 0.1) is 13.2 Å². The van der Waals surface area contributed by atoms with Gasteiger partial charge in [0, 0.05) is 0 Å². The van der Waals surface area contributed by atoms with Crippen molar-refractivity contribution in [3.05, 3.63) is 0 Å². The van der Waals surface area contributed by atoms with E-state index >= 15 is 0 Å². The van der Waals surface area contributed by atoms with Crippen molar-refractivity contribution in [3.63, 3.8) is 0 Å². The Labute approximate surface area is 78.2 Å². The number of carbonyl (C=O) groups is 2. The predicted octanol–water partition coefficient (Wildman–Crippen LogP) is 0.752. The Bertz CT molecular complexity index is 156. The van der Waals surface area contributed by atoms with Crippen molar-refractivity contribution in [2.45, 2.75) is 20.3 Å². The molecular formula is C9H14O4. The molecule has 0 aromatic carbocycles. The van der Waals surface area contributed by atoms with Gasteiger partial charge in [-0.25, -0.2) is 0 Å². The van der Waals surface area contributed by atoms with Gasteiger partial charge >= 0.3 is 11.9 Å². The summed E-state index contributed by atoms with van der Waals surface area (Å²) in [5, 5.41) is 0. The van der Waals surface area contributed by atoms with Crippen LogP contribution < -0.4 is 0 Å². The zero-order chi connectivity index (χ0) is 10.7. The van der Waals surface area contributed by atoms with E-state index in [1.807, 2.05) is 0 Å². The summed E-state index contributed by atoms with van der Waals surface area (Å²) < 4.78 is 9.04. The van der Waals surface area contributed by atoms with E-state index in [-0.39, 0.29) is 19.6 Å². The Morgan fingerprint density at radius 3 is 1.54 bits per heavy atom. The second-order valence-electron chi connectivity index (χ2n) is 1.79. The fraction of sp³-hybridized carbons (Fsp3) is 0.556. The largest absolute Gasteiger partial charge is 0.466 e. The lowest BCUT2D eigenvalue weighted by atomic mass is 10.4. The molecule has 0 aliphatic carbocycles. The minimum Gasteiger partial charge on any atom is -0.466 e. The first-order valence-corrected chi connectivity index (χ1v) is 3.85. The molecule has 0 amide bonds. The Morgan fingerprint density at radius 2 is 1.31 bits per heavy atom.